The monoisotopic (exact) mass is 456 g/mol. The molecular weight excluding hydrogens is 443 g/mol. The standard InChI is InChI=1S/C22H14Cl2N2O5/c1-11-15(8-25)21(28)26(9-12-2-5-17-18(6-12)31-10-30-17)22(29)19(11)20(27)14-4-3-13(23)7-16(14)24/h2-7,29H,9-10H2,1H3. The Balaban J connectivity index is 1.86. The predicted molar refractivity (Wildman–Crippen MR) is 113 cm³/mol. The van der Waals surface area contributed by atoms with Gasteiger partial charge in [0.1, 0.15) is 11.6 Å². The highest BCUT2D eigenvalue weighted by atomic mass is 35.5. The Bertz CT molecular complexity index is 1340. The molecule has 0 amide bonds. The quantitative estimate of drug-likeness (QED) is 0.594. The van der Waals surface area contributed by atoms with Crippen molar-refractivity contribution in [2.45, 2.75) is 13.5 Å². The molecule has 0 saturated heterocycles. The van der Waals surface area contributed by atoms with Gasteiger partial charge in [-0.05, 0) is 48.4 Å². The van der Waals surface area contributed by atoms with E-state index in [2.05, 4.69) is 0 Å². The normalized spacial score (nSPS) is 11.9. The zero-order chi connectivity index (χ0) is 22.3. The van der Waals surface area contributed by atoms with Crippen LogP contribution in [0.3, 0.4) is 0 Å². The van der Waals surface area contributed by atoms with Gasteiger partial charge in [0.25, 0.3) is 5.56 Å². The van der Waals surface area contributed by atoms with Crippen molar-refractivity contribution in [3.8, 4) is 23.4 Å². The van der Waals surface area contributed by atoms with Crippen LogP contribution in [-0.2, 0) is 6.54 Å². The maximum absolute atomic E-state index is 13.2. The highest BCUT2D eigenvalue weighted by molar-refractivity contribution is 6.37. The SMILES string of the molecule is Cc1c(C(=O)c2ccc(Cl)cc2Cl)c(O)n(Cc2ccc3c(c2)OCO3)c(=O)c1C#N. The number of ether oxygens (including phenoxy) is 2. The van der Waals surface area contributed by atoms with Gasteiger partial charge < -0.3 is 14.6 Å². The fourth-order valence-electron chi connectivity index (χ4n) is 3.40. The third-order valence-electron chi connectivity index (χ3n) is 4.98. The van der Waals surface area contributed by atoms with E-state index in [-0.39, 0.29) is 40.6 Å². The molecule has 2 heterocycles. The lowest BCUT2D eigenvalue weighted by Crippen LogP contribution is -2.27. The van der Waals surface area contributed by atoms with Gasteiger partial charge in [0.05, 0.1) is 17.1 Å². The third kappa shape index (κ3) is 3.61. The second-order valence-corrected chi connectivity index (χ2v) is 7.69. The van der Waals surface area contributed by atoms with Crippen molar-refractivity contribution in [1.82, 2.24) is 4.57 Å². The smallest absolute Gasteiger partial charge is 0.271 e. The zero-order valence-electron chi connectivity index (χ0n) is 16.1. The largest absolute Gasteiger partial charge is 0.494 e. The summed E-state index contributed by atoms with van der Waals surface area (Å²) in [6.45, 7) is 1.43. The number of carbonyl (C=O) groups is 1. The molecule has 7 nitrogen and oxygen atoms in total. The number of carbonyl (C=O) groups excluding carboxylic acids is 1. The summed E-state index contributed by atoms with van der Waals surface area (Å²) in [5, 5.41) is 20.9. The molecule has 9 heteroatoms. The number of aromatic hydroxyl groups is 1. The molecule has 0 aliphatic carbocycles. The first-order valence-electron chi connectivity index (χ1n) is 9.06. The molecule has 3 aromatic rings. The third-order valence-corrected chi connectivity index (χ3v) is 5.53. The van der Waals surface area contributed by atoms with Crippen LogP contribution in [0.5, 0.6) is 17.4 Å². The molecule has 1 aliphatic rings. The summed E-state index contributed by atoms with van der Waals surface area (Å²) in [4.78, 5) is 26.1. The van der Waals surface area contributed by atoms with Crippen LogP contribution in [0, 0.1) is 18.3 Å². The number of fused-ring (bicyclic) bond motifs is 1. The average molecular weight is 457 g/mol. The topological polar surface area (TPSA) is 102 Å². The highest BCUT2D eigenvalue weighted by Crippen LogP contribution is 2.34. The van der Waals surface area contributed by atoms with Crippen molar-refractivity contribution >= 4 is 29.0 Å². The van der Waals surface area contributed by atoms with Gasteiger partial charge in [0.15, 0.2) is 17.3 Å². The number of benzene rings is 2. The van der Waals surface area contributed by atoms with Gasteiger partial charge in [-0.3, -0.25) is 14.2 Å². The Morgan fingerprint density at radius 2 is 1.94 bits per heavy atom. The van der Waals surface area contributed by atoms with Crippen molar-refractivity contribution in [3.05, 3.63) is 84.6 Å². The number of hydrogen-bond donors (Lipinski definition) is 1. The van der Waals surface area contributed by atoms with Gasteiger partial charge in [-0.1, -0.05) is 29.3 Å². The van der Waals surface area contributed by atoms with Crippen LogP contribution in [-0.4, -0.2) is 22.2 Å². The van der Waals surface area contributed by atoms with E-state index in [0.29, 0.717) is 22.1 Å². The Labute approximate surface area is 186 Å². The first-order chi connectivity index (χ1) is 14.8. The number of ketones is 1. The number of nitrogens with zero attached hydrogens (tertiary/aromatic N) is 2. The Kier molecular flexibility index (Phi) is 5.36. The molecule has 0 radical (unpaired) electrons. The Hall–Kier alpha value is -3.47. The summed E-state index contributed by atoms with van der Waals surface area (Å²) in [6.07, 6.45) is 0. The van der Waals surface area contributed by atoms with E-state index in [1.165, 1.54) is 25.1 Å². The van der Waals surface area contributed by atoms with Crippen LogP contribution in [0.25, 0.3) is 0 Å². The molecule has 0 fully saturated rings. The molecule has 2 aromatic carbocycles. The molecule has 1 N–H and O–H groups in total. The van der Waals surface area contributed by atoms with E-state index in [1.807, 2.05) is 6.07 Å². The summed E-state index contributed by atoms with van der Waals surface area (Å²) < 4.78 is 11.6. The maximum atomic E-state index is 13.2. The molecule has 1 aromatic heterocycles. The van der Waals surface area contributed by atoms with E-state index in [1.54, 1.807) is 18.2 Å². The van der Waals surface area contributed by atoms with Gasteiger partial charge in [-0.15, -0.1) is 0 Å². The van der Waals surface area contributed by atoms with E-state index < -0.39 is 17.2 Å². The molecule has 1 aliphatic heterocycles. The number of pyridine rings is 1. The van der Waals surface area contributed by atoms with Crippen LogP contribution < -0.4 is 15.0 Å². The van der Waals surface area contributed by atoms with Crippen LogP contribution >= 0.6 is 23.2 Å². The number of halogens is 2. The van der Waals surface area contributed by atoms with E-state index in [4.69, 9.17) is 32.7 Å². The minimum atomic E-state index is -0.714. The maximum Gasteiger partial charge on any atom is 0.271 e. The van der Waals surface area contributed by atoms with Crippen LogP contribution in [0.2, 0.25) is 10.0 Å². The fourth-order valence-corrected chi connectivity index (χ4v) is 3.89. The van der Waals surface area contributed by atoms with Crippen LogP contribution in [0.15, 0.2) is 41.2 Å². The molecule has 0 spiro atoms. The second-order valence-electron chi connectivity index (χ2n) is 6.84. The first-order valence-corrected chi connectivity index (χ1v) is 9.82. The van der Waals surface area contributed by atoms with Crippen LogP contribution in [0.4, 0.5) is 0 Å². The zero-order valence-corrected chi connectivity index (χ0v) is 17.6. The van der Waals surface area contributed by atoms with Crippen molar-refractivity contribution in [2.75, 3.05) is 6.79 Å². The van der Waals surface area contributed by atoms with Crippen molar-refractivity contribution in [1.29, 1.82) is 5.26 Å². The van der Waals surface area contributed by atoms with Crippen molar-refractivity contribution < 1.29 is 19.4 Å². The molecule has 31 heavy (non-hydrogen) atoms. The molecule has 0 bridgehead atoms. The fraction of sp³-hybridized carbons (Fsp3) is 0.136. The molecule has 0 saturated carbocycles. The second kappa shape index (κ2) is 7.99. The molecular formula is C22H14Cl2N2O5. The Morgan fingerprint density at radius 1 is 1.19 bits per heavy atom. The number of aromatic nitrogens is 1. The van der Waals surface area contributed by atoms with E-state index >= 15 is 0 Å². The lowest BCUT2D eigenvalue weighted by Gasteiger charge is -2.16. The summed E-state index contributed by atoms with van der Waals surface area (Å²) >= 11 is 12.1. The van der Waals surface area contributed by atoms with Gasteiger partial charge in [-0.25, -0.2) is 0 Å². The van der Waals surface area contributed by atoms with E-state index in [9.17, 15) is 20.0 Å². The van der Waals surface area contributed by atoms with Crippen molar-refractivity contribution in [2.24, 2.45) is 0 Å². The molecule has 156 valence electrons. The predicted octanol–water partition coefficient (Wildman–Crippen LogP) is 4.05. The highest BCUT2D eigenvalue weighted by Gasteiger charge is 2.26. The summed E-state index contributed by atoms with van der Waals surface area (Å²) in [7, 11) is 0. The summed E-state index contributed by atoms with van der Waals surface area (Å²) in [5.74, 6) is -0.125. The van der Waals surface area contributed by atoms with E-state index in [0.717, 1.165) is 4.57 Å². The van der Waals surface area contributed by atoms with Gasteiger partial charge in [0.2, 0.25) is 12.7 Å². The molecule has 0 unspecified atom stereocenters. The Morgan fingerprint density at radius 3 is 2.65 bits per heavy atom. The minimum Gasteiger partial charge on any atom is -0.494 e. The lowest BCUT2D eigenvalue weighted by atomic mass is 9.97. The number of hydrogen-bond acceptors (Lipinski definition) is 6. The van der Waals surface area contributed by atoms with Gasteiger partial charge in [-0.2, -0.15) is 5.26 Å². The average Bonchev–Trinajstić information content (AvgIpc) is 3.19. The molecule has 0 atom stereocenters. The van der Waals surface area contributed by atoms with Gasteiger partial charge in [0, 0.05) is 10.6 Å². The number of nitriles is 1. The summed E-state index contributed by atoms with van der Waals surface area (Å²) in [5.41, 5.74) is -0.371. The van der Waals surface area contributed by atoms with Crippen molar-refractivity contribution in [3.63, 3.8) is 0 Å². The first kappa shape index (κ1) is 20.8. The summed E-state index contributed by atoms with van der Waals surface area (Å²) in [6, 6.07) is 11.2. The number of rotatable bonds is 4. The lowest BCUT2D eigenvalue weighted by molar-refractivity contribution is 0.103. The van der Waals surface area contributed by atoms with Gasteiger partial charge >= 0.3 is 0 Å². The van der Waals surface area contributed by atoms with Crippen LogP contribution in [0.1, 0.15) is 32.6 Å². The minimum absolute atomic E-state index is 0.0722. The molecule has 4 rings (SSSR count).